The maximum absolute atomic E-state index is 10.9. The van der Waals surface area contributed by atoms with Crippen LogP contribution in [0.2, 0.25) is 0 Å². The number of nitro benzene ring substituents is 1. The van der Waals surface area contributed by atoms with Gasteiger partial charge in [0.15, 0.2) is 0 Å². The lowest BCUT2D eigenvalue weighted by molar-refractivity contribution is -0.385. The van der Waals surface area contributed by atoms with E-state index >= 15 is 0 Å². The van der Waals surface area contributed by atoms with Crippen LogP contribution < -0.4 is 5.32 Å². The lowest BCUT2D eigenvalue weighted by atomic mass is 10.1. The summed E-state index contributed by atoms with van der Waals surface area (Å²) in [6, 6.07) is 11.4. The number of aryl methyl sites for hydroxylation is 1. The number of para-hydroxylation sites is 1. The summed E-state index contributed by atoms with van der Waals surface area (Å²) >= 11 is 1.56. The zero-order chi connectivity index (χ0) is 12.7. The summed E-state index contributed by atoms with van der Waals surface area (Å²) in [5, 5.41) is 14.2. The zero-order valence-electron chi connectivity index (χ0n) is 9.64. The third kappa shape index (κ3) is 1.73. The summed E-state index contributed by atoms with van der Waals surface area (Å²) in [6.45, 7) is 1.76. The molecule has 2 aromatic carbocycles. The summed E-state index contributed by atoms with van der Waals surface area (Å²) in [4.78, 5) is 12.6. The Morgan fingerprint density at radius 1 is 1.17 bits per heavy atom. The lowest BCUT2D eigenvalue weighted by Gasteiger charge is -2.20. The molecule has 0 saturated heterocycles. The van der Waals surface area contributed by atoms with Gasteiger partial charge in [0.1, 0.15) is 0 Å². The molecule has 0 spiro atoms. The summed E-state index contributed by atoms with van der Waals surface area (Å²) in [5.41, 5.74) is 2.82. The fraction of sp³-hybridized carbons (Fsp3) is 0.0769. The van der Waals surface area contributed by atoms with Gasteiger partial charge in [-0.3, -0.25) is 10.1 Å². The van der Waals surface area contributed by atoms with Gasteiger partial charge in [-0.15, -0.1) is 0 Å². The first kappa shape index (κ1) is 11.1. The molecular formula is C13H10N2O2S. The van der Waals surface area contributed by atoms with Crippen molar-refractivity contribution in [2.45, 2.75) is 16.7 Å². The molecule has 0 bridgehead atoms. The second-order valence-corrected chi connectivity index (χ2v) is 5.20. The molecule has 0 unspecified atom stereocenters. The van der Waals surface area contributed by atoms with Crippen molar-refractivity contribution < 1.29 is 4.92 Å². The van der Waals surface area contributed by atoms with Crippen molar-refractivity contribution in [1.82, 2.24) is 0 Å². The number of nitrogens with zero attached hydrogens (tertiary/aromatic N) is 1. The number of fused-ring (bicyclic) bond motifs is 2. The first-order valence-corrected chi connectivity index (χ1v) is 6.30. The Kier molecular flexibility index (Phi) is 2.48. The standard InChI is InChI=1S/C13H10N2O2S/c1-8-6-10-13(7-11(8)15(16)17)18-12-5-3-2-4-9(12)14-10/h2-7,14H,1H3. The Labute approximate surface area is 108 Å². The fourth-order valence-electron chi connectivity index (χ4n) is 1.98. The first-order chi connectivity index (χ1) is 8.65. The quantitative estimate of drug-likeness (QED) is 0.527. The molecule has 0 saturated carbocycles. The number of nitro groups is 1. The van der Waals surface area contributed by atoms with Crippen molar-refractivity contribution in [2.75, 3.05) is 5.32 Å². The second-order valence-electron chi connectivity index (χ2n) is 4.12. The molecule has 0 atom stereocenters. The molecule has 0 amide bonds. The SMILES string of the molecule is Cc1cc2c(cc1[N+](=O)[O-])Sc1ccccc1N2. The van der Waals surface area contributed by atoms with E-state index in [4.69, 9.17) is 0 Å². The Morgan fingerprint density at radius 3 is 2.72 bits per heavy atom. The molecule has 0 radical (unpaired) electrons. The van der Waals surface area contributed by atoms with Crippen LogP contribution >= 0.6 is 11.8 Å². The van der Waals surface area contributed by atoms with E-state index in [0.29, 0.717) is 5.56 Å². The van der Waals surface area contributed by atoms with Gasteiger partial charge in [0, 0.05) is 21.4 Å². The van der Waals surface area contributed by atoms with Gasteiger partial charge >= 0.3 is 0 Å². The lowest BCUT2D eigenvalue weighted by Crippen LogP contribution is -2.01. The van der Waals surface area contributed by atoms with Crippen LogP contribution in [-0.4, -0.2) is 4.92 Å². The molecule has 1 aliphatic rings. The van der Waals surface area contributed by atoms with E-state index in [2.05, 4.69) is 5.32 Å². The second kappa shape index (κ2) is 4.03. The Morgan fingerprint density at radius 2 is 1.94 bits per heavy atom. The monoisotopic (exact) mass is 258 g/mol. The highest BCUT2D eigenvalue weighted by Gasteiger charge is 2.20. The van der Waals surface area contributed by atoms with E-state index in [1.807, 2.05) is 30.3 Å². The van der Waals surface area contributed by atoms with Crippen LogP contribution in [0.4, 0.5) is 17.1 Å². The molecule has 0 aliphatic carbocycles. The van der Waals surface area contributed by atoms with Gasteiger partial charge in [-0.1, -0.05) is 23.9 Å². The van der Waals surface area contributed by atoms with Crippen LogP contribution in [0, 0.1) is 17.0 Å². The minimum Gasteiger partial charge on any atom is -0.354 e. The van der Waals surface area contributed by atoms with Crippen LogP contribution in [0.25, 0.3) is 0 Å². The number of anilines is 2. The van der Waals surface area contributed by atoms with Gasteiger partial charge < -0.3 is 5.32 Å². The van der Waals surface area contributed by atoms with Gasteiger partial charge in [0.25, 0.3) is 5.69 Å². The van der Waals surface area contributed by atoms with Crippen LogP contribution in [-0.2, 0) is 0 Å². The summed E-state index contributed by atoms with van der Waals surface area (Å²) in [6.07, 6.45) is 0. The van der Waals surface area contributed by atoms with Crippen LogP contribution in [0.5, 0.6) is 0 Å². The van der Waals surface area contributed by atoms with Crippen molar-refractivity contribution >= 4 is 28.8 Å². The van der Waals surface area contributed by atoms with Crippen molar-refractivity contribution in [2.24, 2.45) is 0 Å². The molecule has 1 heterocycles. The number of nitrogens with one attached hydrogen (secondary N) is 1. The average molecular weight is 258 g/mol. The molecule has 3 rings (SSSR count). The van der Waals surface area contributed by atoms with Gasteiger partial charge in [-0.2, -0.15) is 0 Å². The number of hydrogen-bond donors (Lipinski definition) is 1. The van der Waals surface area contributed by atoms with Crippen LogP contribution in [0.15, 0.2) is 46.2 Å². The van der Waals surface area contributed by atoms with Crippen molar-refractivity contribution in [3.05, 3.63) is 52.1 Å². The zero-order valence-corrected chi connectivity index (χ0v) is 10.5. The van der Waals surface area contributed by atoms with Gasteiger partial charge in [0.2, 0.25) is 0 Å². The molecule has 4 nitrogen and oxygen atoms in total. The van der Waals surface area contributed by atoms with E-state index in [1.54, 1.807) is 24.8 Å². The van der Waals surface area contributed by atoms with Gasteiger partial charge in [-0.25, -0.2) is 0 Å². The Hall–Kier alpha value is -2.01. The van der Waals surface area contributed by atoms with Crippen LogP contribution in [0.3, 0.4) is 0 Å². The molecule has 1 aliphatic heterocycles. The summed E-state index contributed by atoms with van der Waals surface area (Å²) in [7, 11) is 0. The maximum Gasteiger partial charge on any atom is 0.273 e. The highest BCUT2D eigenvalue weighted by molar-refractivity contribution is 7.99. The highest BCUT2D eigenvalue weighted by Crippen LogP contribution is 2.45. The van der Waals surface area contributed by atoms with Gasteiger partial charge in [0.05, 0.1) is 16.3 Å². The molecule has 2 aromatic rings. The predicted molar refractivity (Wildman–Crippen MR) is 71.7 cm³/mol. The van der Waals surface area contributed by atoms with E-state index in [9.17, 15) is 10.1 Å². The highest BCUT2D eigenvalue weighted by atomic mass is 32.2. The van der Waals surface area contributed by atoms with E-state index < -0.39 is 0 Å². The number of rotatable bonds is 1. The Bertz CT molecular complexity index is 655. The minimum absolute atomic E-state index is 0.169. The topological polar surface area (TPSA) is 55.2 Å². The molecular weight excluding hydrogens is 248 g/mol. The number of hydrogen-bond acceptors (Lipinski definition) is 4. The molecule has 0 aromatic heterocycles. The van der Waals surface area contributed by atoms with E-state index in [1.165, 1.54) is 0 Å². The fourth-order valence-corrected chi connectivity index (χ4v) is 2.98. The third-order valence-electron chi connectivity index (χ3n) is 2.87. The number of benzene rings is 2. The summed E-state index contributed by atoms with van der Waals surface area (Å²) < 4.78 is 0. The molecule has 1 N–H and O–H groups in total. The average Bonchev–Trinajstić information content (AvgIpc) is 2.35. The maximum atomic E-state index is 10.9. The molecule has 5 heteroatoms. The smallest absolute Gasteiger partial charge is 0.273 e. The first-order valence-electron chi connectivity index (χ1n) is 5.48. The van der Waals surface area contributed by atoms with E-state index in [0.717, 1.165) is 21.2 Å². The summed E-state index contributed by atoms with van der Waals surface area (Å²) in [5.74, 6) is 0. The van der Waals surface area contributed by atoms with Crippen LogP contribution in [0.1, 0.15) is 5.56 Å². The normalized spacial score (nSPS) is 12.3. The van der Waals surface area contributed by atoms with Crippen molar-refractivity contribution in [3.8, 4) is 0 Å². The Balaban J connectivity index is 2.11. The molecule has 90 valence electrons. The van der Waals surface area contributed by atoms with Crippen molar-refractivity contribution in [1.29, 1.82) is 0 Å². The largest absolute Gasteiger partial charge is 0.354 e. The minimum atomic E-state index is -0.337. The molecule has 0 fully saturated rings. The van der Waals surface area contributed by atoms with Gasteiger partial charge in [-0.05, 0) is 25.1 Å². The molecule has 18 heavy (non-hydrogen) atoms. The van der Waals surface area contributed by atoms with E-state index in [-0.39, 0.29) is 10.6 Å². The predicted octanol–water partition coefficient (Wildman–Crippen LogP) is 4.11. The van der Waals surface area contributed by atoms with Crippen molar-refractivity contribution in [3.63, 3.8) is 0 Å². The third-order valence-corrected chi connectivity index (χ3v) is 4.00.